The third-order valence-electron chi connectivity index (χ3n) is 2.65. The Balaban J connectivity index is 2.69. The zero-order chi connectivity index (χ0) is 14.6. The van der Waals surface area contributed by atoms with Gasteiger partial charge in [-0.1, -0.05) is 19.9 Å². The van der Waals surface area contributed by atoms with E-state index in [4.69, 9.17) is 5.11 Å². The van der Waals surface area contributed by atoms with Crippen LogP contribution in [-0.4, -0.2) is 23.1 Å². The molecule has 104 valence electrons. The van der Waals surface area contributed by atoms with Gasteiger partial charge in [0.05, 0.1) is 0 Å². The highest BCUT2D eigenvalue weighted by Crippen LogP contribution is 2.13. The van der Waals surface area contributed by atoms with E-state index in [0.717, 1.165) is 0 Å². The van der Waals surface area contributed by atoms with Crippen molar-refractivity contribution in [1.82, 2.24) is 5.32 Å². The van der Waals surface area contributed by atoms with Crippen LogP contribution in [0.15, 0.2) is 18.2 Å². The third kappa shape index (κ3) is 4.24. The van der Waals surface area contributed by atoms with Gasteiger partial charge in [0.15, 0.2) is 0 Å². The van der Waals surface area contributed by atoms with Crippen molar-refractivity contribution in [1.29, 1.82) is 0 Å². The number of halogens is 1. The molecule has 0 aliphatic heterocycles. The first kappa shape index (κ1) is 14.9. The predicted molar refractivity (Wildman–Crippen MR) is 69.6 cm³/mol. The van der Waals surface area contributed by atoms with Crippen LogP contribution < -0.4 is 10.6 Å². The van der Waals surface area contributed by atoms with E-state index in [1.165, 1.54) is 12.1 Å². The fourth-order valence-corrected chi connectivity index (χ4v) is 1.49. The fraction of sp³-hybridized carbons (Fsp3) is 0.385. The molecule has 6 heteroatoms. The van der Waals surface area contributed by atoms with Gasteiger partial charge in [-0.05, 0) is 30.5 Å². The van der Waals surface area contributed by atoms with E-state index in [9.17, 15) is 14.0 Å². The van der Waals surface area contributed by atoms with Crippen LogP contribution in [0.5, 0.6) is 0 Å². The minimum absolute atomic E-state index is 0.252. The highest BCUT2D eigenvalue weighted by atomic mass is 19.1. The third-order valence-corrected chi connectivity index (χ3v) is 2.65. The Kier molecular flexibility index (Phi) is 4.86. The number of carboxylic acids is 1. The average molecular weight is 268 g/mol. The largest absolute Gasteiger partial charge is 0.480 e. The second kappa shape index (κ2) is 6.17. The standard InChI is InChI=1S/C13H17FN2O3/c1-7(2)11(12(17)18)16-13(19)15-9-5-4-8(3)10(14)6-9/h4-7,11H,1-3H3,(H,17,18)(H2,15,16,19)/t11-/m0/s1. The molecule has 1 rings (SSSR count). The van der Waals surface area contributed by atoms with E-state index in [-0.39, 0.29) is 11.6 Å². The molecule has 1 atom stereocenters. The minimum Gasteiger partial charge on any atom is -0.480 e. The van der Waals surface area contributed by atoms with Crippen LogP contribution in [0.2, 0.25) is 0 Å². The second-order valence-electron chi connectivity index (χ2n) is 4.62. The van der Waals surface area contributed by atoms with Gasteiger partial charge in [-0.15, -0.1) is 0 Å². The topological polar surface area (TPSA) is 78.4 Å². The van der Waals surface area contributed by atoms with Crippen LogP contribution in [0.3, 0.4) is 0 Å². The summed E-state index contributed by atoms with van der Waals surface area (Å²) in [4.78, 5) is 22.5. The lowest BCUT2D eigenvalue weighted by molar-refractivity contribution is -0.140. The van der Waals surface area contributed by atoms with Gasteiger partial charge in [0, 0.05) is 5.69 Å². The Bertz CT molecular complexity index is 489. The molecule has 0 bridgehead atoms. The molecule has 0 aromatic heterocycles. The first-order valence-electron chi connectivity index (χ1n) is 5.87. The molecule has 1 aromatic carbocycles. The van der Waals surface area contributed by atoms with Crippen molar-refractivity contribution in [3.8, 4) is 0 Å². The monoisotopic (exact) mass is 268 g/mol. The maximum Gasteiger partial charge on any atom is 0.326 e. The molecule has 0 heterocycles. The number of aryl methyl sites for hydroxylation is 1. The number of urea groups is 1. The molecule has 5 nitrogen and oxygen atoms in total. The van der Waals surface area contributed by atoms with Crippen LogP contribution in [0, 0.1) is 18.7 Å². The highest BCUT2D eigenvalue weighted by molar-refractivity contribution is 5.92. The van der Waals surface area contributed by atoms with Crippen LogP contribution in [0.4, 0.5) is 14.9 Å². The Morgan fingerprint density at radius 1 is 1.32 bits per heavy atom. The van der Waals surface area contributed by atoms with Crippen molar-refractivity contribution < 1.29 is 19.1 Å². The number of carbonyl (C=O) groups excluding carboxylic acids is 1. The fourth-order valence-electron chi connectivity index (χ4n) is 1.49. The first-order chi connectivity index (χ1) is 8.81. The van der Waals surface area contributed by atoms with Gasteiger partial charge in [0.25, 0.3) is 0 Å². The molecule has 0 unspecified atom stereocenters. The van der Waals surface area contributed by atoms with Gasteiger partial charge in [-0.3, -0.25) is 0 Å². The number of hydrogen-bond acceptors (Lipinski definition) is 2. The lowest BCUT2D eigenvalue weighted by atomic mass is 10.1. The SMILES string of the molecule is Cc1ccc(NC(=O)N[C@H](C(=O)O)C(C)C)cc1F. The summed E-state index contributed by atoms with van der Waals surface area (Å²) in [5.41, 5.74) is 0.741. The summed E-state index contributed by atoms with van der Waals surface area (Å²) in [6, 6.07) is 2.59. The number of rotatable bonds is 4. The van der Waals surface area contributed by atoms with Crippen LogP contribution in [-0.2, 0) is 4.79 Å². The Labute approximate surface area is 110 Å². The van der Waals surface area contributed by atoms with Crippen LogP contribution in [0.1, 0.15) is 19.4 Å². The Hall–Kier alpha value is -2.11. The summed E-state index contributed by atoms with van der Waals surface area (Å²) in [6.07, 6.45) is 0. The highest BCUT2D eigenvalue weighted by Gasteiger charge is 2.23. The van der Waals surface area contributed by atoms with Crippen LogP contribution >= 0.6 is 0 Å². The summed E-state index contributed by atoms with van der Waals surface area (Å²) >= 11 is 0. The number of aliphatic carboxylic acids is 1. The van der Waals surface area contributed by atoms with E-state index >= 15 is 0 Å². The number of benzene rings is 1. The number of anilines is 1. The van der Waals surface area contributed by atoms with Crippen LogP contribution in [0.25, 0.3) is 0 Å². The van der Waals surface area contributed by atoms with Gasteiger partial charge in [0.2, 0.25) is 0 Å². The van der Waals surface area contributed by atoms with E-state index in [0.29, 0.717) is 5.56 Å². The lowest BCUT2D eigenvalue weighted by Gasteiger charge is -2.18. The van der Waals surface area contributed by atoms with Crippen molar-refractivity contribution in [2.75, 3.05) is 5.32 Å². The zero-order valence-corrected chi connectivity index (χ0v) is 11.0. The summed E-state index contributed by atoms with van der Waals surface area (Å²) in [6.45, 7) is 4.98. The maximum absolute atomic E-state index is 13.3. The molecule has 0 radical (unpaired) electrons. The van der Waals surface area contributed by atoms with Gasteiger partial charge in [-0.2, -0.15) is 0 Å². The first-order valence-corrected chi connectivity index (χ1v) is 5.87. The molecular formula is C13H17FN2O3. The van der Waals surface area contributed by atoms with E-state index < -0.39 is 23.9 Å². The molecule has 0 saturated heterocycles. The van der Waals surface area contributed by atoms with Crippen molar-refractivity contribution in [3.63, 3.8) is 0 Å². The lowest BCUT2D eigenvalue weighted by Crippen LogP contribution is -2.46. The number of hydrogen-bond donors (Lipinski definition) is 3. The van der Waals surface area contributed by atoms with Gasteiger partial charge in [0.1, 0.15) is 11.9 Å². The molecule has 0 spiro atoms. The molecular weight excluding hydrogens is 251 g/mol. The number of amides is 2. The summed E-state index contributed by atoms with van der Waals surface area (Å²) in [7, 11) is 0. The quantitative estimate of drug-likeness (QED) is 0.784. The van der Waals surface area contributed by atoms with Crippen molar-refractivity contribution in [3.05, 3.63) is 29.6 Å². The summed E-state index contributed by atoms with van der Waals surface area (Å²) in [5, 5.41) is 13.7. The van der Waals surface area contributed by atoms with E-state index in [1.807, 2.05) is 0 Å². The number of carbonyl (C=O) groups is 2. The van der Waals surface area contributed by atoms with Gasteiger partial charge in [-0.25, -0.2) is 14.0 Å². The molecule has 0 aliphatic rings. The predicted octanol–water partition coefficient (Wildman–Crippen LogP) is 2.36. The second-order valence-corrected chi connectivity index (χ2v) is 4.62. The molecule has 19 heavy (non-hydrogen) atoms. The number of nitrogens with one attached hydrogen (secondary N) is 2. The van der Waals surface area contributed by atoms with E-state index in [2.05, 4.69) is 10.6 Å². The minimum atomic E-state index is -1.11. The molecule has 2 amide bonds. The molecule has 0 saturated carbocycles. The maximum atomic E-state index is 13.3. The van der Waals surface area contributed by atoms with Gasteiger partial charge < -0.3 is 15.7 Å². The van der Waals surface area contributed by atoms with Crippen molar-refractivity contribution in [2.24, 2.45) is 5.92 Å². The van der Waals surface area contributed by atoms with Gasteiger partial charge >= 0.3 is 12.0 Å². The van der Waals surface area contributed by atoms with Crippen molar-refractivity contribution in [2.45, 2.75) is 26.8 Å². The average Bonchev–Trinajstić information content (AvgIpc) is 2.30. The van der Waals surface area contributed by atoms with Crippen molar-refractivity contribution >= 4 is 17.7 Å². The molecule has 0 fully saturated rings. The Morgan fingerprint density at radius 2 is 1.95 bits per heavy atom. The zero-order valence-electron chi connectivity index (χ0n) is 11.0. The Morgan fingerprint density at radius 3 is 2.42 bits per heavy atom. The summed E-state index contributed by atoms with van der Waals surface area (Å²) < 4.78 is 13.3. The smallest absolute Gasteiger partial charge is 0.326 e. The number of carboxylic acid groups (broad SMARTS) is 1. The molecule has 0 aliphatic carbocycles. The molecule has 1 aromatic rings. The normalized spacial score (nSPS) is 12.1. The summed E-state index contributed by atoms with van der Waals surface area (Å²) in [5.74, 6) is -1.80. The van der Waals surface area contributed by atoms with E-state index in [1.54, 1.807) is 26.8 Å². The molecule has 3 N–H and O–H groups in total.